The van der Waals surface area contributed by atoms with E-state index in [1.807, 2.05) is 0 Å². The van der Waals surface area contributed by atoms with Crippen LogP contribution in [-0.2, 0) is 11.8 Å². The van der Waals surface area contributed by atoms with Crippen LogP contribution in [0.15, 0.2) is 115 Å². The molecule has 0 saturated carbocycles. The Morgan fingerprint density at radius 2 is 1.53 bits per heavy atom. The Morgan fingerprint density at radius 1 is 0.814 bits per heavy atom. The quantitative estimate of drug-likeness (QED) is 0.213. The summed E-state index contributed by atoms with van der Waals surface area (Å²) < 4.78 is 2.51. The summed E-state index contributed by atoms with van der Waals surface area (Å²) in [5, 5.41) is 1.35. The van der Waals surface area contributed by atoms with Gasteiger partial charge in [-0.1, -0.05) is 91.9 Å². The van der Waals surface area contributed by atoms with Gasteiger partial charge in [-0.15, -0.1) is 0 Å². The summed E-state index contributed by atoms with van der Waals surface area (Å²) in [6, 6.07) is 32.2. The Morgan fingerprint density at radius 3 is 2.35 bits per heavy atom. The third kappa shape index (κ3) is 3.93. The van der Waals surface area contributed by atoms with Crippen molar-refractivity contribution < 1.29 is 0 Å². The molecule has 3 atom stereocenters. The minimum Gasteiger partial charge on any atom is -0.333 e. The van der Waals surface area contributed by atoms with Crippen LogP contribution in [0.4, 0.5) is 11.4 Å². The molecule has 1 aromatic heterocycles. The number of para-hydroxylation sites is 2. The molecule has 3 unspecified atom stereocenters. The number of hydrogen-bond acceptors (Lipinski definition) is 1. The van der Waals surface area contributed by atoms with Crippen LogP contribution in [0.1, 0.15) is 65.3 Å². The van der Waals surface area contributed by atoms with Gasteiger partial charge in [0.1, 0.15) is 0 Å². The minimum absolute atomic E-state index is 0.0187. The fourth-order valence-electron chi connectivity index (χ4n) is 7.89. The van der Waals surface area contributed by atoms with Gasteiger partial charge in [0.15, 0.2) is 0 Å². The molecule has 0 N–H and O–H groups in total. The van der Waals surface area contributed by atoms with Gasteiger partial charge in [0.2, 0.25) is 0 Å². The minimum atomic E-state index is -0.0187. The molecule has 2 nitrogen and oxygen atoms in total. The molecule has 43 heavy (non-hydrogen) atoms. The van der Waals surface area contributed by atoms with Gasteiger partial charge in [0.05, 0.1) is 11.6 Å². The fraction of sp³-hybridized carbons (Fsp3) is 0.220. The molecule has 2 heterocycles. The number of anilines is 2. The van der Waals surface area contributed by atoms with Crippen LogP contribution in [0, 0.1) is 13.8 Å². The molecule has 0 fully saturated rings. The first kappa shape index (κ1) is 26.1. The van der Waals surface area contributed by atoms with E-state index in [4.69, 9.17) is 0 Å². The molecule has 1 aliphatic heterocycles. The van der Waals surface area contributed by atoms with E-state index in [1.165, 1.54) is 67.0 Å². The predicted octanol–water partition coefficient (Wildman–Crippen LogP) is 10.3. The monoisotopic (exact) mass is 558 g/mol. The standard InChI is InChI=1S/C41H38N2/c1-27-12-11-14-35-34-13-5-7-16-37(34)43(40(27)35)33-22-20-31(29(3)25-33)26-30-19-21-32(24-28(30)2)42-38-17-8-6-15-36(38)41(4)23-10-9-18-39(41)42/h5-11,13-25,27,39H,12,26H2,1-4H3. The lowest BCUT2D eigenvalue weighted by molar-refractivity contribution is 0.550. The topological polar surface area (TPSA) is 8.17 Å². The van der Waals surface area contributed by atoms with Crippen LogP contribution in [0.5, 0.6) is 0 Å². The molecular weight excluding hydrogens is 520 g/mol. The molecule has 0 bridgehead atoms. The van der Waals surface area contributed by atoms with Gasteiger partial charge in [-0.05, 0) is 97.8 Å². The lowest BCUT2D eigenvalue weighted by Gasteiger charge is -2.35. The second-order valence-corrected chi connectivity index (χ2v) is 12.9. The largest absolute Gasteiger partial charge is 0.333 e. The Labute approximate surface area is 255 Å². The van der Waals surface area contributed by atoms with Gasteiger partial charge >= 0.3 is 0 Å². The lowest BCUT2D eigenvalue weighted by atomic mass is 9.76. The van der Waals surface area contributed by atoms with E-state index < -0.39 is 0 Å². The number of benzene rings is 4. The summed E-state index contributed by atoms with van der Waals surface area (Å²) in [6.45, 7) is 9.27. The third-order valence-corrected chi connectivity index (χ3v) is 10.2. The van der Waals surface area contributed by atoms with E-state index in [0.717, 1.165) is 12.8 Å². The average Bonchev–Trinajstić information content (AvgIpc) is 3.50. The zero-order valence-corrected chi connectivity index (χ0v) is 25.5. The lowest BCUT2D eigenvalue weighted by Crippen LogP contribution is -2.39. The summed E-state index contributed by atoms with van der Waals surface area (Å²) in [5.41, 5.74) is 14.8. The molecule has 5 aromatic rings. The molecular formula is C41H38N2. The highest BCUT2D eigenvalue weighted by Gasteiger charge is 2.46. The third-order valence-electron chi connectivity index (χ3n) is 10.2. The molecule has 0 radical (unpaired) electrons. The Balaban J connectivity index is 1.12. The summed E-state index contributed by atoms with van der Waals surface area (Å²) in [5.74, 6) is 0.495. The number of rotatable bonds is 4. The van der Waals surface area contributed by atoms with Crippen molar-refractivity contribution in [1.82, 2.24) is 4.57 Å². The number of nitrogens with zero attached hydrogens (tertiary/aromatic N) is 2. The molecule has 3 aliphatic rings. The normalized spacial score (nSPS) is 21.7. The smallest absolute Gasteiger partial charge is 0.0655 e. The maximum absolute atomic E-state index is 2.53. The van der Waals surface area contributed by atoms with Crippen LogP contribution in [0.25, 0.3) is 22.7 Å². The Bertz CT molecular complexity index is 2000. The second kappa shape index (κ2) is 9.74. The van der Waals surface area contributed by atoms with Crippen molar-refractivity contribution in [3.8, 4) is 5.69 Å². The molecule has 8 rings (SSSR count). The predicted molar refractivity (Wildman–Crippen MR) is 182 cm³/mol. The van der Waals surface area contributed by atoms with Crippen LogP contribution >= 0.6 is 0 Å². The second-order valence-electron chi connectivity index (χ2n) is 12.9. The van der Waals surface area contributed by atoms with Gasteiger partial charge in [-0.2, -0.15) is 0 Å². The Hall–Kier alpha value is -4.56. The summed E-state index contributed by atoms with van der Waals surface area (Å²) in [4.78, 5) is 2.53. The van der Waals surface area contributed by atoms with Crippen LogP contribution in [0.3, 0.4) is 0 Å². The van der Waals surface area contributed by atoms with E-state index in [9.17, 15) is 0 Å². The molecule has 2 aliphatic carbocycles. The molecule has 0 saturated heterocycles. The fourth-order valence-corrected chi connectivity index (χ4v) is 7.89. The van der Waals surface area contributed by atoms with E-state index in [1.54, 1.807) is 0 Å². The van der Waals surface area contributed by atoms with Crippen LogP contribution < -0.4 is 4.90 Å². The SMILES string of the molecule is Cc1cc(N2c3ccccc3C3(C)C=CC=CC23)ccc1Cc1ccc(-n2c3c(c4ccccc42)C=CCC3C)cc1C. The first-order valence-electron chi connectivity index (χ1n) is 15.7. The summed E-state index contributed by atoms with van der Waals surface area (Å²) in [7, 11) is 0. The van der Waals surface area contributed by atoms with Gasteiger partial charge in [-0.3, -0.25) is 0 Å². The van der Waals surface area contributed by atoms with E-state index in [0.29, 0.717) is 5.92 Å². The highest BCUT2D eigenvalue weighted by molar-refractivity contribution is 5.93. The highest BCUT2D eigenvalue weighted by atomic mass is 15.2. The van der Waals surface area contributed by atoms with E-state index >= 15 is 0 Å². The molecule has 2 heteroatoms. The number of hydrogen-bond donors (Lipinski definition) is 0. The van der Waals surface area contributed by atoms with E-state index in [2.05, 4.69) is 159 Å². The molecule has 0 spiro atoms. The van der Waals surface area contributed by atoms with Crippen molar-refractivity contribution in [2.24, 2.45) is 0 Å². The van der Waals surface area contributed by atoms with Crippen molar-refractivity contribution in [1.29, 1.82) is 0 Å². The maximum Gasteiger partial charge on any atom is 0.0655 e. The van der Waals surface area contributed by atoms with Crippen molar-refractivity contribution in [2.75, 3.05) is 4.90 Å². The first-order chi connectivity index (χ1) is 20.9. The number of aromatic nitrogens is 1. The zero-order valence-electron chi connectivity index (χ0n) is 25.5. The molecule has 4 aromatic carbocycles. The maximum atomic E-state index is 2.53. The van der Waals surface area contributed by atoms with E-state index in [-0.39, 0.29) is 11.5 Å². The average molecular weight is 559 g/mol. The Kier molecular flexibility index (Phi) is 5.91. The van der Waals surface area contributed by atoms with Crippen LogP contribution in [-0.4, -0.2) is 10.6 Å². The molecule has 0 amide bonds. The van der Waals surface area contributed by atoms with Crippen molar-refractivity contribution in [2.45, 2.75) is 57.9 Å². The number of allylic oxidation sites excluding steroid dienone is 3. The van der Waals surface area contributed by atoms with Crippen LogP contribution in [0.2, 0.25) is 0 Å². The number of fused-ring (bicyclic) bond motifs is 6. The van der Waals surface area contributed by atoms with Gasteiger partial charge in [0.25, 0.3) is 0 Å². The van der Waals surface area contributed by atoms with Crippen molar-refractivity contribution >= 4 is 28.4 Å². The summed E-state index contributed by atoms with van der Waals surface area (Å²) in [6.07, 6.45) is 15.8. The van der Waals surface area contributed by atoms with Gasteiger partial charge < -0.3 is 9.47 Å². The van der Waals surface area contributed by atoms with Crippen molar-refractivity contribution in [3.05, 3.63) is 154 Å². The highest BCUT2D eigenvalue weighted by Crippen LogP contribution is 2.51. The molecule has 212 valence electrons. The number of aryl methyl sites for hydroxylation is 2. The van der Waals surface area contributed by atoms with Gasteiger partial charge in [-0.25, -0.2) is 0 Å². The zero-order chi connectivity index (χ0) is 29.3. The van der Waals surface area contributed by atoms with Crippen molar-refractivity contribution in [3.63, 3.8) is 0 Å². The summed E-state index contributed by atoms with van der Waals surface area (Å²) >= 11 is 0. The first-order valence-corrected chi connectivity index (χ1v) is 15.7. The van der Waals surface area contributed by atoms with Gasteiger partial charge in [0, 0.05) is 45.0 Å².